The molecule has 4 nitrogen and oxygen atoms in total. The maximum Gasteiger partial charge on any atom is 0.209 e. The summed E-state index contributed by atoms with van der Waals surface area (Å²) in [5.41, 5.74) is -0.306. The highest BCUT2D eigenvalue weighted by Crippen LogP contribution is 2.24. The molecule has 6 heteroatoms. The molecule has 0 saturated heterocycles. The number of hydrogen-bond acceptors (Lipinski definition) is 5. The van der Waals surface area contributed by atoms with Crippen LogP contribution < -0.4 is 0 Å². The van der Waals surface area contributed by atoms with Crippen LogP contribution in [0.15, 0.2) is 22.7 Å². The molecular weight excluding hydrogens is 266 g/mol. The lowest BCUT2D eigenvalue weighted by Gasteiger charge is -2.14. The van der Waals surface area contributed by atoms with E-state index in [9.17, 15) is 4.79 Å². The Morgan fingerprint density at radius 1 is 1.50 bits per heavy atom. The molecule has 0 spiro atoms. The molecule has 0 aliphatic heterocycles. The first-order valence-corrected chi connectivity index (χ1v) is 7.46. The summed E-state index contributed by atoms with van der Waals surface area (Å²) in [7, 11) is 0. The Morgan fingerprint density at radius 3 is 2.89 bits per heavy atom. The molecule has 1 N–H and O–H groups in total. The number of rotatable bonds is 4. The molecular formula is C12H15N3OS2. The third kappa shape index (κ3) is 3.20. The maximum absolute atomic E-state index is 11.8. The Bertz CT molecular complexity index is 526. The smallest absolute Gasteiger partial charge is 0.209 e. The topological polar surface area (TPSA) is 58.6 Å². The van der Waals surface area contributed by atoms with Crippen LogP contribution in [0.1, 0.15) is 20.8 Å². The molecule has 0 unspecified atom stereocenters. The van der Waals surface area contributed by atoms with Crippen molar-refractivity contribution in [2.75, 3.05) is 5.75 Å². The van der Waals surface area contributed by atoms with E-state index in [0.29, 0.717) is 10.9 Å². The van der Waals surface area contributed by atoms with Crippen LogP contribution in [-0.4, -0.2) is 26.7 Å². The van der Waals surface area contributed by atoms with Crippen LogP contribution >= 0.6 is 23.1 Å². The van der Waals surface area contributed by atoms with E-state index >= 15 is 0 Å². The van der Waals surface area contributed by atoms with E-state index in [4.69, 9.17) is 0 Å². The number of ketones is 1. The number of thiophene rings is 1. The highest BCUT2D eigenvalue weighted by atomic mass is 32.2. The van der Waals surface area contributed by atoms with Crippen LogP contribution in [0.3, 0.4) is 0 Å². The van der Waals surface area contributed by atoms with E-state index in [1.807, 2.05) is 38.3 Å². The predicted molar refractivity (Wildman–Crippen MR) is 74.9 cm³/mol. The molecule has 2 aromatic heterocycles. The van der Waals surface area contributed by atoms with Crippen LogP contribution in [0.4, 0.5) is 0 Å². The second kappa shape index (κ2) is 5.24. The fourth-order valence-electron chi connectivity index (χ4n) is 1.18. The molecule has 0 saturated carbocycles. The van der Waals surface area contributed by atoms with E-state index in [0.717, 1.165) is 10.7 Å². The number of thioether (sulfide) groups is 1. The van der Waals surface area contributed by atoms with Gasteiger partial charge in [-0.1, -0.05) is 38.6 Å². The first kappa shape index (κ1) is 13.3. The fraction of sp³-hybridized carbons (Fsp3) is 0.417. The quantitative estimate of drug-likeness (QED) is 0.874. The number of hydrogen-bond donors (Lipinski definition) is 1. The number of carbonyl (C=O) groups excluding carboxylic acids is 1. The predicted octanol–water partition coefficient (Wildman–Crippen LogP) is 3.24. The number of H-pyrrole nitrogens is 1. The SMILES string of the molecule is CC(C)(C)C(=O)CSc1n[nH]c(-c2cccs2)n1. The van der Waals surface area contributed by atoms with Crippen molar-refractivity contribution in [1.29, 1.82) is 0 Å². The van der Waals surface area contributed by atoms with Crippen molar-refractivity contribution in [1.82, 2.24) is 15.2 Å². The summed E-state index contributed by atoms with van der Waals surface area (Å²) in [6, 6.07) is 3.96. The molecule has 0 fully saturated rings. The van der Waals surface area contributed by atoms with E-state index in [-0.39, 0.29) is 11.2 Å². The minimum absolute atomic E-state index is 0.204. The van der Waals surface area contributed by atoms with E-state index in [2.05, 4.69) is 15.2 Å². The Kier molecular flexibility index (Phi) is 3.87. The standard InChI is InChI=1S/C12H15N3OS2/c1-12(2,3)9(16)7-18-11-13-10(14-15-11)8-5-4-6-17-8/h4-6H,7H2,1-3H3,(H,13,14,15). The second-order valence-electron chi connectivity index (χ2n) is 4.91. The van der Waals surface area contributed by atoms with Crippen LogP contribution in [0, 0.1) is 5.41 Å². The summed E-state index contributed by atoms with van der Waals surface area (Å²) >= 11 is 2.98. The molecule has 96 valence electrons. The van der Waals surface area contributed by atoms with Gasteiger partial charge in [-0.15, -0.1) is 16.4 Å². The van der Waals surface area contributed by atoms with Crippen molar-refractivity contribution in [2.24, 2.45) is 5.41 Å². The van der Waals surface area contributed by atoms with Gasteiger partial charge in [-0.05, 0) is 11.4 Å². The summed E-state index contributed by atoms with van der Waals surface area (Å²) in [5, 5.41) is 9.61. The number of aromatic amines is 1. The van der Waals surface area contributed by atoms with Crippen molar-refractivity contribution >= 4 is 28.9 Å². The Balaban J connectivity index is 1.98. The van der Waals surface area contributed by atoms with Crippen LogP contribution in [0.25, 0.3) is 10.7 Å². The summed E-state index contributed by atoms with van der Waals surface area (Å²) in [5.74, 6) is 1.37. The van der Waals surface area contributed by atoms with Crippen LogP contribution in [-0.2, 0) is 4.79 Å². The Labute approximate surface area is 114 Å². The lowest BCUT2D eigenvalue weighted by molar-refractivity contribution is -0.123. The monoisotopic (exact) mass is 281 g/mol. The van der Waals surface area contributed by atoms with Gasteiger partial charge in [0.2, 0.25) is 5.16 Å². The van der Waals surface area contributed by atoms with Gasteiger partial charge in [-0.2, -0.15) is 0 Å². The van der Waals surface area contributed by atoms with Gasteiger partial charge in [-0.3, -0.25) is 9.89 Å². The molecule has 2 aromatic rings. The van der Waals surface area contributed by atoms with Crippen molar-refractivity contribution in [3.05, 3.63) is 17.5 Å². The number of Topliss-reactive ketones (excluding diaryl/α,β-unsaturated/α-hetero) is 1. The van der Waals surface area contributed by atoms with E-state index in [1.54, 1.807) is 11.3 Å². The van der Waals surface area contributed by atoms with Gasteiger partial charge in [0.05, 0.1) is 10.6 Å². The van der Waals surface area contributed by atoms with Crippen LogP contribution in [0.5, 0.6) is 0 Å². The molecule has 2 heterocycles. The van der Waals surface area contributed by atoms with Gasteiger partial charge in [0.1, 0.15) is 5.78 Å². The zero-order chi connectivity index (χ0) is 13.2. The first-order chi connectivity index (χ1) is 8.47. The minimum Gasteiger partial charge on any atom is -0.298 e. The lowest BCUT2D eigenvalue weighted by atomic mass is 9.92. The van der Waals surface area contributed by atoms with Gasteiger partial charge < -0.3 is 0 Å². The maximum atomic E-state index is 11.8. The summed E-state index contributed by atoms with van der Waals surface area (Å²) in [6.07, 6.45) is 0. The highest BCUT2D eigenvalue weighted by molar-refractivity contribution is 7.99. The number of aromatic nitrogens is 3. The lowest BCUT2D eigenvalue weighted by Crippen LogP contribution is -2.22. The minimum atomic E-state index is -0.306. The molecule has 2 rings (SSSR count). The third-order valence-corrected chi connectivity index (χ3v) is 4.11. The zero-order valence-electron chi connectivity index (χ0n) is 10.6. The van der Waals surface area contributed by atoms with Gasteiger partial charge in [0, 0.05) is 5.41 Å². The molecule has 0 atom stereocenters. The van der Waals surface area contributed by atoms with Crippen molar-refractivity contribution in [3.8, 4) is 10.7 Å². The van der Waals surface area contributed by atoms with E-state index in [1.165, 1.54) is 11.8 Å². The molecule has 0 amide bonds. The molecule has 0 aliphatic rings. The van der Waals surface area contributed by atoms with Gasteiger partial charge in [-0.25, -0.2) is 4.98 Å². The van der Waals surface area contributed by atoms with Crippen molar-refractivity contribution < 1.29 is 4.79 Å². The number of nitrogens with zero attached hydrogens (tertiary/aromatic N) is 2. The van der Waals surface area contributed by atoms with Gasteiger partial charge in [0.25, 0.3) is 0 Å². The summed E-state index contributed by atoms with van der Waals surface area (Å²) in [4.78, 5) is 17.2. The Hall–Kier alpha value is -1.14. The fourth-order valence-corrected chi connectivity index (χ4v) is 2.80. The highest BCUT2D eigenvalue weighted by Gasteiger charge is 2.21. The number of nitrogens with one attached hydrogen (secondary N) is 1. The average Bonchev–Trinajstić information content (AvgIpc) is 2.94. The Morgan fingerprint density at radius 2 is 2.28 bits per heavy atom. The third-order valence-electron chi connectivity index (χ3n) is 2.39. The largest absolute Gasteiger partial charge is 0.298 e. The molecule has 0 aromatic carbocycles. The van der Waals surface area contributed by atoms with Gasteiger partial charge in [0.15, 0.2) is 5.82 Å². The van der Waals surface area contributed by atoms with Gasteiger partial charge >= 0.3 is 0 Å². The first-order valence-electron chi connectivity index (χ1n) is 5.59. The van der Waals surface area contributed by atoms with Crippen molar-refractivity contribution in [2.45, 2.75) is 25.9 Å². The summed E-state index contributed by atoms with van der Waals surface area (Å²) < 4.78 is 0. The average molecular weight is 281 g/mol. The normalized spacial score (nSPS) is 11.7. The molecule has 18 heavy (non-hydrogen) atoms. The number of carbonyl (C=O) groups is 1. The second-order valence-corrected chi connectivity index (χ2v) is 6.80. The zero-order valence-corrected chi connectivity index (χ0v) is 12.2. The van der Waals surface area contributed by atoms with E-state index < -0.39 is 0 Å². The molecule has 0 radical (unpaired) electrons. The molecule has 0 aliphatic carbocycles. The van der Waals surface area contributed by atoms with Crippen molar-refractivity contribution in [3.63, 3.8) is 0 Å². The molecule has 0 bridgehead atoms. The van der Waals surface area contributed by atoms with Crippen LogP contribution in [0.2, 0.25) is 0 Å². The summed E-state index contributed by atoms with van der Waals surface area (Å²) in [6.45, 7) is 5.76.